The average molecular weight is 430 g/mol. The number of aromatic nitrogens is 1. The molecule has 0 atom stereocenters. The Kier molecular flexibility index (Phi) is 5.67. The van der Waals surface area contributed by atoms with Crippen LogP contribution in [0, 0.1) is 0 Å². The first-order valence-electron chi connectivity index (χ1n) is 7.28. The van der Waals surface area contributed by atoms with E-state index in [0.717, 1.165) is 10.2 Å². The molecule has 1 aromatic heterocycles. The number of hydrogen-bond acceptors (Lipinski definition) is 4. The van der Waals surface area contributed by atoms with Gasteiger partial charge in [-0.1, -0.05) is 46.1 Å². The molecule has 1 amide bonds. The monoisotopic (exact) mass is 428 g/mol. The molecule has 1 heterocycles. The number of methoxy groups -OCH3 is 1. The van der Waals surface area contributed by atoms with Crippen LogP contribution in [0.3, 0.4) is 0 Å². The van der Waals surface area contributed by atoms with Gasteiger partial charge in [-0.15, -0.1) is 0 Å². The van der Waals surface area contributed by atoms with E-state index >= 15 is 0 Å². The van der Waals surface area contributed by atoms with E-state index in [9.17, 15) is 9.59 Å². The average Bonchev–Trinajstić information content (AvgIpc) is 2.90. The molecule has 0 N–H and O–H groups in total. The van der Waals surface area contributed by atoms with Gasteiger partial charge >= 0.3 is 5.97 Å². The summed E-state index contributed by atoms with van der Waals surface area (Å²) in [6, 6.07) is 9.69. The minimum absolute atomic E-state index is 0.0828. The summed E-state index contributed by atoms with van der Waals surface area (Å²) in [5.74, 6) is -0.981. The van der Waals surface area contributed by atoms with Crippen molar-refractivity contribution in [2.45, 2.75) is 6.54 Å². The lowest BCUT2D eigenvalue weighted by atomic mass is 10.2. The van der Waals surface area contributed by atoms with E-state index in [1.807, 2.05) is 0 Å². The first-order valence-corrected chi connectivity index (χ1v) is 9.23. The number of esters is 1. The number of halogens is 3. The van der Waals surface area contributed by atoms with Gasteiger partial charge in [-0.2, -0.15) is 4.99 Å². The third-order valence-corrected chi connectivity index (χ3v) is 5.18. The van der Waals surface area contributed by atoms with Gasteiger partial charge in [0, 0.05) is 20.6 Å². The molecule has 0 saturated heterocycles. The number of benzene rings is 2. The van der Waals surface area contributed by atoms with Gasteiger partial charge < -0.3 is 9.30 Å². The number of carbonyl (C=O) groups is 2. The van der Waals surface area contributed by atoms with Crippen LogP contribution < -0.4 is 4.80 Å². The molecule has 2 aromatic carbocycles. The van der Waals surface area contributed by atoms with Crippen LogP contribution in [-0.2, 0) is 16.1 Å². The van der Waals surface area contributed by atoms with E-state index in [-0.39, 0.29) is 12.1 Å². The zero-order valence-electron chi connectivity index (χ0n) is 13.3. The van der Waals surface area contributed by atoms with Crippen molar-refractivity contribution in [3.8, 4) is 0 Å². The van der Waals surface area contributed by atoms with E-state index in [1.165, 1.54) is 36.6 Å². The highest BCUT2D eigenvalue weighted by Crippen LogP contribution is 2.23. The molecule has 9 heteroatoms. The Balaban J connectivity index is 2.15. The number of fused-ring (bicyclic) bond motifs is 1. The number of ether oxygens (including phenoxy) is 1. The topological polar surface area (TPSA) is 60.7 Å². The second kappa shape index (κ2) is 7.80. The quantitative estimate of drug-likeness (QED) is 0.573. The number of hydrogen-bond donors (Lipinski definition) is 0. The molecule has 0 fully saturated rings. The van der Waals surface area contributed by atoms with Crippen molar-refractivity contribution in [3.05, 3.63) is 61.8 Å². The lowest BCUT2D eigenvalue weighted by Crippen LogP contribution is -2.22. The van der Waals surface area contributed by atoms with Gasteiger partial charge in [0.25, 0.3) is 5.91 Å². The molecule has 3 aromatic rings. The molecule has 5 nitrogen and oxygen atoms in total. The maximum absolute atomic E-state index is 12.5. The SMILES string of the molecule is COC(=O)Cn1c(=NC(=O)c2cc(Cl)cc(Cl)c2)sc2cc(Cl)ccc21. The Hall–Kier alpha value is -1.86. The highest BCUT2D eigenvalue weighted by Gasteiger charge is 2.13. The number of carbonyl (C=O) groups excluding carboxylic acids is 2. The number of thiazole rings is 1. The van der Waals surface area contributed by atoms with Gasteiger partial charge in [0.15, 0.2) is 4.80 Å². The fraction of sp³-hybridized carbons (Fsp3) is 0.118. The molecule has 0 aliphatic heterocycles. The normalized spacial score (nSPS) is 11.8. The first kappa shape index (κ1) is 18.9. The summed E-state index contributed by atoms with van der Waals surface area (Å²) >= 11 is 19.1. The largest absolute Gasteiger partial charge is 0.468 e. The zero-order valence-corrected chi connectivity index (χ0v) is 16.4. The van der Waals surface area contributed by atoms with Gasteiger partial charge in [-0.25, -0.2) is 0 Å². The molecule has 0 saturated carbocycles. The van der Waals surface area contributed by atoms with E-state index in [2.05, 4.69) is 4.99 Å². The molecule has 0 unspecified atom stereocenters. The maximum Gasteiger partial charge on any atom is 0.325 e. The van der Waals surface area contributed by atoms with Crippen molar-refractivity contribution in [3.63, 3.8) is 0 Å². The van der Waals surface area contributed by atoms with Crippen LogP contribution in [0.15, 0.2) is 41.4 Å². The van der Waals surface area contributed by atoms with Crippen molar-refractivity contribution in [2.24, 2.45) is 4.99 Å². The van der Waals surface area contributed by atoms with Gasteiger partial charge in [0.05, 0.1) is 17.3 Å². The smallest absolute Gasteiger partial charge is 0.325 e. The van der Waals surface area contributed by atoms with E-state index in [0.29, 0.717) is 19.9 Å². The standard InChI is InChI=1S/C17H11Cl3N2O3S/c1-25-15(23)8-22-13-3-2-10(18)7-14(13)26-17(22)21-16(24)9-4-11(19)6-12(20)5-9/h2-7H,8H2,1H3. The summed E-state index contributed by atoms with van der Waals surface area (Å²) in [7, 11) is 1.30. The van der Waals surface area contributed by atoms with Crippen LogP contribution in [0.4, 0.5) is 0 Å². The minimum Gasteiger partial charge on any atom is -0.468 e. The van der Waals surface area contributed by atoms with Crippen LogP contribution in [0.1, 0.15) is 10.4 Å². The van der Waals surface area contributed by atoms with Crippen LogP contribution >= 0.6 is 46.1 Å². The molecule has 0 spiro atoms. The van der Waals surface area contributed by atoms with Crippen LogP contribution in [0.25, 0.3) is 10.2 Å². The molecule has 3 rings (SSSR count). The third-order valence-electron chi connectivity index (χ3n) is 3.47. The first-order chi connectivity index (χ1) is 12.4. The van der Waals surface area contributed by atoms with Crippen molar-refractivity contribution in [2.75, 3.05) is 7.11 Å². The highest BCUT2D eigenvalue weighted by atomic mass is 35.5. The lowest BCUT2D eigenvalue weighted by molar-refractivity contribution is -0.141. The van der Waals surface area contributed by atoms with Crippen molar-refractivity contribution < 1.29 is 14.3 Å². The Bertz CT molecular complexity index is 1070. The van der Waals surface area contributed by atoms with Gasteiger partial charge in [-0.3, -0.25) is 9.59 Å². The Morgan fingerprint density at radius 3 is 2.42 bits per heavy atom. The number of nitrogens with zero attached hydrogens (tertiary/aromatic N) is 2. The van der Waals surface area contributed by atoms with Crippen LogP contribution in [0.5, 0.6) is 0 Å². The summed E-state index contributed by atoms with van der Waals surface area (Å²) in [6.45, 7) is -0.0828. The molecule has 0 aliphatic rings. The Morgan fingerprint density at radius 1 is 1.08 bits per heavy atom. The molecular formula is C17H11Cl3N2O3S. The second-order valence-electron chi connectivity index (χ2n) is 5.23. The predicted molar refractivity (Wildman–Crippen MR) is 103 cm³/mol. The molecule has 0 aliphatic carbocycles. The summed E-state index contributed by atoms with van der Waals surface area (Å²) < 4.78 is 7.12. The molecule has 26 heavy (non-hydrogen) atoms. The number of rotatable bonds is 3. The minimum atomic E-state index is -0.523. The summed E-state index contributed by atoms with van der Waals surface area (Å²) in [6.07, 6.45) is 0. The van der Waals surface area contributed by atoms with Crippen molar-refractivity contribution in [1.29, 1.82) is 0 Å². The van der Waals surface area contributed by atoms with E-state index in [1.54, 1.807) is 22.8 Å². The van der Waals surface area contributed by atoms with Crippen molar-refractivity contribution >= 4 is 68.2 Å². The molecule has 0 bridgehead atoms. The highest BCUT2D eigenvalue weighted by molar-refractivity contribution is 7.16. The maximum atomic E-state index is 12.5. The van der Waals surface area contributed by atoms with Gasteiger partial charge in [0.2, 0.25) is 0 Å². The van der Waals surface area contributed by atoms with Gasteiger partial charge in [0.1, 0.15) is 6.54 Å². The molecule has 134 valence electrons. The Morgan fingerprint density at radius 2 is 1.77 bits per heavy atom. The predicted octanol–water partition coefficient (Wildman–Crippen LogP) is 4.58. The molecule has 0 radical (unpaired) electrons. The second-order valence-corrected chi connectivity index (χ2v) is 7.55. The van der Waals surface area contributed by atoms with Crippen LogP contribution in [0.2, 0.25) is 15.1 Å². The van der Waals surface area contributed by atoms with E-state index in [4.69, 9.17) is 39.5 Å². The van der Waals surface area contributed by atoms with E-state index < -0.39 is 11.9 Å². The summed E-state index contributed by atoms with van der Waals surface area (Å²) in [5, 5.41) is 1.21. The fourth-order valence-electron chi connectivity index (χ4n) is 2.31. The van der Waals surface area contributed by atoms with Crippen LogP contribution in [-0.4, -0.2) is 23.6 Å². The Labute approximate surface area is 167 Å². The summed E-state index contributed by atoms with van der Waals surface area (Å²) in [4.78, 5) is 28.8. The summed E-state index contributed by atoms with van der Waals surface area (Å²) in [5.41, 5.74) is 0.975. The zero-order chi connectivity index (χ0) is 18.8. The number of amides is 1. The lowest BCUT2D eigenvalue weighted by Gasteiger charge is -2.04. The molecular weight excluding hydrogens is 419 g/mol. The third kappa shape index (κ3) is 4.10. The van der Waals surface area contributed by atoms with Crippen molar-refractivity contribution in [1.82, 2.24) is 4.57 Å². The van der Waals surface area contributed by atoms with Gasteiger partial charge in [-0.05, 0) is 36.4 Å². The fourth-order valence-corrected chi connectivity index (χ4v) is 4.14.